The van der Waals surface area contributed by atoms with Crippen LogP contribution in [0.5, 0.6) is 0 Å². The highest BCUT2D eigenvalue weighted by Crippen LogP contribution is 2.13. The maximum Gasteiger partial charge on any atom is 0.184 e. The molecule has 0 bridgehead atoms. The first-order valence-corrected chi connectivity index (χ1v) is 11.9. The first-order chi connectivity index (χ1) is 6.31. The van der Waals surface area contributed by atoms with Crippen molar-refractivity contribution in [3.05, 3.63) is 0 Å². The molecule has 0 amide bonds. The van der Waals surface area contributed by atoms with Crippen molar-refractivity contribution in [3.63, 3.8) is 0 Å². The van der Waals surface area contributed by atoms with Gasteiger partial charge in [-0.05, 0) is 33.0 Å². The van der Waals surface area contributed by atoms with E-state index in [0.29, 0.717) is 6.10 Å². The molecule has 1 unspecified atom stereocenters. The Kier molecular flexibility index (Phi) is 6.99. The van der Waals surface area contributed by atoms with Crippen molar-refractivity contribution in [2.75, 3.05) is 0 Å². The first-order valence-electron chi connectivity index (χ1n) is 5.78. The monoisotopic (exact) mass is 231 g/mol. The summed E-state index contributed by atoms with van der Waals surface area (Å²) in [6.45, 7) is 13.8. The van der Waals surface area contributed by atoms with Crippen molar-refractivity contribution in [1.29, 1.82) is 0 Å². The van der Waals surface area contributed by atoms with Gasteiger partial charge in [-0.25, -0.2) is 0 Å². The molecular weight excluding hydrogens is 204 g/mol. The second-order valence-electron chi connectivity index (χ2n) is 5.49. The van der Waals surface area contributed by atoms with E-state index in [4.69, 9.17) is 4.43 Å². The van der Waals surface area contributed by atoms with E-state index in [1.807, 2.05) is 0 Å². The highest BCUT2D eigenvalue weighted by molar-refractivity contribution is 6.69. The van der Waals surface area contributed by atoms with Crippen LogP contribution < -0.4 is 0 Å². The lowest BCUT2D eigenvalue weighted by Crippen LogP contribution is -2.30. The molecule has 85 valence electrons. The van der Waals surface area contributed by atoms with E-state index in [9.17, 15) is 0 Å². The molecule has 0 aliphatic heterocycles. The summed E-state index contributed by atoms with van der Waals surface area (Å²) < 4.78 is 5.99. The molecule has 14 heavy (non-hydrogen) atoms. The van der Waals surface area contributed by atoms with E-state index in [-0.39, 0.29) is 8.80 Å². The summed E-state index contributed by atoms with van der Waals surface area (Å²) in [4.78, 5) is 0. The molecule has 0 rings (SSSR count). The Labute approximate surface area is 93.0 Å². The fraction of sp³-hybridized carbons (Fsp3) is 1.00. The Morgan fingerprint density at radius 2 is 1.71 bits per heavy atom. The van der Waals surface area contributed by atoms with Crippen LogP contribution in [0.15, 0.2) is 0 Å². The summed E-state index contributed by atoms with van der Waals surface area (Å²) in [6.07, 6.45) is 4.48. The lowest BCUT2D eigenvalue weighted by Gasteiger charge is -2.23. The van der Waals surface area contributed by atoms with Crippen molar-refractivity contribution in [3.8, 4) is 0 Å². The standard InChI is InChI=1S/C11H27OSi2/c1-11(12-14(4,5)6)9-7-8-10-13(2)3/h11H,7-10H2,1-6H3. The molecule has 0 aromatic carbocycles. The molecule has 0 N–H and O–H groups in total. The van der Waals surface area contributed by atoms with Gasteiger partial charge in [-0.1, -0.05) is 32.0 Å². The molecule has 0 aliphatic carbocycles. The molecule has 3 heteroatoms. The molecule has 0 saturated carbocycles. The average molecular weight is 232 g/mol. The number of hydrogen-bond donors (Lipinski definition) is 0. The molecular formula is C11H27OSi2. The molecule has 0 spiro atoms. The van der Waals surface area contributed by atoms with Gasteiger partial charge >= 0.3 is 0 Å². The zero-order chi connectivity index (χ0) is 11.2. The van der Waals surface area contributed by atoms with Gasteiger partial charge in [0.2, 0.25) is 0 Å². The van der Waals surface area contributed by atoms with Crippen LogP contribution in [0.25, 0.3) is 0 Å². The van der Waals surface area contributed by atoms with Crippen molar-refractivity contribution in [2.45, 2.75) is 71.1 Å². The molecule has 0 heterocycles. The lowest BCUT2D eigenvalue weighted by molar-refractivity contribution is 0.200. The van der Waals surface area contributed by atoms with Gasteiger partial charge in [0.15, 0.2) is 8.32 Å². The second kappa shape index (κ2) is 6.80. The van der Waals surface area contributed by atoms with Crippen LogP contribution in [0.2, 0.25) is 38.8 Å². The smallest absolute Gasteiger partial charge is 0.184 e. The van der Waals surface area contributed by atoms with Crippen LogP contribution in [-0.2, 0) is 4.43 Å². The Morgan fingerprint density at radius 3 is 2.14 bits per heavy atom. The van der Waals surface area contributed by atoms with Gasteiger partial charge in [-0.15, -0.1) is 0 Å². The first kappa shape index (κ1) is 14.4. The van der Waals surface area contributed by atoms with Gasteiger partial charge in [0, 0.05) is 14.9 Å². The lowest BCUT2D eigenvalue weighted by atomic mass is 10.2. The van der Waals surface area contributed by atoms with Crippen molar-refractivity contribution < 1.29 is 4.43 Å². The SMILES string of the molecule is CC(CCCC[Si](C)C)O[Si](C)(C)C. The third-order valence-electron chi connectivity index (χ3n) is 2.09. The molecule has 0 saturated heterocycles. The fourth-order valence-electron chi connectivity index (χ4n) is 1.57. The van der Waals surface area contributed by atoms with Crippen LogP contribution in [0.1, 0.15) is 26.2 Å². The Hall–Kier alpha value is 0.394. The minimum absolute atomic E-state index is 0.000809. The molecule has 1 radical (unpaired) electrons. The van der Waals surface area contributed by atoms with Crippen LogP contribution in [0.4, 0.5) is 0 Å². The molecule has 0 aliphatic rings. The summed E-state index contributed by atoms with van der Waals surface area (Å²) in [7, 11) is -1.30. The maximum atomic E-state index is 5.99. The van der Waals surface area contributed by atoms with Gasteiger partial charge < -0.3 is 4.43 Å². The summed E-state index contributed by atoms with van der Waals surface area (Å²) >= 11 is 0. The normalized spacial score (nSPS) is 14.8. The topological polar surface area (TPSA) is 9.23 Å². The van der Waals surface area contributed by atoms with Gasteiger partial charge in [0.1, 0.15) is 0 Å². The molecule has 0 fully saturated rings. The van der Waals surface area contributed by atoms with E-state index < -0.39 is 8.32 Å². The van der Waals surface area contributed by atoms with Crippen LogP contribution in [0.3, 0.4) is 0 Å². The van der Waals surface area contributed by atoms with Crippen LogP contribution in [0, 0.1) is 0 Å². The predicted molar refractivity (Wildman–Crippen MR) is 70.0 cm³/mol. The highest BCUT2D eigenvalue weighted by Gasteiger charge is 2.17. The van der Waals surface area contributed by atoms with E-state index in [0.717, 1.165) is 0 Å². The van der Waals surface area contributed by atoms with Gasteiger partial charge in [-0.2, -0.15) is 0 Å². The molecule has 0 aromatic heterocycles. The Bertz CT molecular complexity index is 141. The molecule has 1 atom stereocenters. The van der Waals surface area contributed by atoms with Crippen molar-refractivity contribution in [2.24, 2.45) is 0 Å². The van der Waals surface area contributed by atoms with Crippen LogP contribution in [-0.4, -0.2) is 23.2 Å². The molecule has 1 nitrogen and oxygen atoms in total. The Balaban J connectivity index is 3.40. The number of hydrogen-bond acceptors (Lipinski definition) is 1. The van der Waals surface area contributed by atoms with E-state index >= 15 is 0 Å². The van der Waals surface area contributed by atoms with Crippen LogP contribution >= 0.6 is 0 Å². The number of unbranched alkanes of at least 4 members (excludes halogenated alkanes) is 1. The summed E-state index contributed by atoms with van der Waals surface area (Å²) in [6, 6.07) is 1.46. The Morgan fingerprint density at radius 1 is 1.14 bits per heavy atom. The fourth-order valence-corrected chi connectivity index (χ4v) is 3.85. The summed E-state index contributed by atoms with van der Waals surface area (Å²) in [5.41, 5.74) is 0. The third kappa shape index (κ3) is 10.5. The molecule has 0 aromatic rings. The number of rotatable bonds is 7. The zero-order valence-electron chi connectivity index (χ0n) is 10.8. The van der Waals surface area contributed by atoms with E-state index in [2.05, 4.69) is 39.7 Å². The van der Waals surface area contributed by atoms with E-state index in [1.165, 1.54) is 25.3 Å². The zero-order valence-corrected chi connectivity index (χ0v) is 12.8. The minimum atomic E-state index is -1.30. The quantitative estimate of drug-likeness (QED) is 0.472. The minimum Gasteiger partial charge on any atom is -0.415 e. The van der Waals surface area contributed by atoms with Gasteiger partial charge in [0.05, 0.1) is 0 Å². The highest BCUT2D eigenvalue weighted by atomic mass is 28.4. The maximum absolute atomic E-state index is 5.99. The predicted octanol–water partition coefficient (Wildman–Crippen LogP) is 4.15. The summed E-state index contributed by atoms with van der Waals surface area (Å²) in [5.74, 6) is 0. The van der Waals surface area contributed by atoms with Gasteiger partial charge in [-0.3, -0.25) is 0 Å². The third-order valence-corrected chi connectivity index (χ3v) is 4.56. The largest absolute Gasteiger partial charge is 0.415 e. The second-order valence-corrected chi connectivity index (χ2v) is 12.9. The summed E-state index contributed by atoms with van der Waals surface area (Å²) in [5, 5.41) is 0. The van der Waals surface area contributed by atoms with Crippen molar-refractivity contribution in [1.82, 2.24) is 0 Å². The van der Waals surface area contributed by atoms with E-state index in [1.54, 1.807) is 0 Å². The average Bonchev–Trinajstić information content (AvgIpc) is 1.94. The van der Waals surface area contributed by atoms with Gasteiger partial charge in [0.25, 0.3) is 0 Å². The van der Waals surface area contributed by atoms with Crippen molar-refractivity contribution >= 4 is 17.1 Å².